The Morgan fingerprint density at radius 3 is 2.67 bits per heavy atom. The predicted molar refractivity (Wildman–Crippen MR) is 56.2 cm³/mol. The van der Waals surface area contributed by atoms with Crippen molar-refractivity contribution in [3.8, 4) is 11.3 Å². The summed E-state index contributed by atoms with van der Waals surface area (Å²) in [4.78, 5) is 10.1. The van der Waals surface area contributed by atoms with Gasteiger partial charge in [0.2, 0.25) is 0 Å². The summed E-state index contributed by atoms with van der Waals surface area (Å²) in [6.07, 6.45) is 1.44. The van der Waals surface area contributed by atoms with Crippen LogP contribution < -0.4 is 5.73 Å². The van der Waals surface area contributed by atoms with Crippen LogP contribution in [-0.2, 0) is 0 Å². The van der Waals surface area contributed by atoms with Gasteiger partial charge in [0.05, 0.1) is 11.9 Å². The first-order valence-electron chi connectivity index (χ1n) is 3.90. The van der Waals surface area contributed by atoms with E-state index in [0.717, 1.165) is 0 Å². The van der Waals surface area contributed by atoms with Gasteiger partial charge in [-0.2, -0.15) is 0 Å². The van der Waals surface area contributed by atoms with Gasteiger partial charge in [0.1, 0.15) is 5.15 Å². The topological polar surface area (TPSA) is 67.6 Å². The van der Waals surface area contributed by atoms with Gasteiger partial charge in [0.15, 0.2) is 16.9 Å². The van der Waals surface area contributed by atoms with E-state index in [1.807, 2.05) is 0 Å². The lowest BCUT2D eigenvalue weighted by Gasteiger charge is -2.01. The fraction of sp³-hybridized carbons (Fsp3) is 0. The Labute approximate surface area is 94.2 Å². The number of aromatic nitrogens is 3. The highest BCUT2D eigenvalue weighted by Crippen LogP contribution is 2.28. The molecule has 0 bridgehead atoms. The molecule has 0 radical (unpaired) electrons. The number of nitrogens with two attached hydrogens (primary N) is 1. The molecule has 0 saturated carbocycles. The Morgan fingerprint density at radius 2 is 2.07 bits per heavy atom. The van der Waals surface area contributed by atoms with Crippen molar-refractivity contribution in [3.05, 3.63) is 28.4 Å². The molecule has 7 heteroatoms. The number of H-pyrrole nitrogens is 1. The number of nitrogen functional groups attached to an aromatic ring is 1. The van der Waals surface area contributed by atoms with E-state index in [9.17, 15) is 4.39 Å². The quantitative estimate of drug-likeness (QED) is 0.760. The third kappa shape index (κ3) is 1.88. The summed E-state index contributed by atoms with van der Waals surface area (Å²) < 4.78 is 13.1. The second kappa shape index (κ2) is 3.67. The van der Waals surface area contributed by atoms with Gasteiger partial charge in [0, 0.05) is 5.56 Å². The van der Waals surface area contributed by atoms with Gasteiger partial charge >= 0.3 is 0 Å². The van der Waals surface area contributed by atoms with Crippen LogP contribution in [0.2, 0.25) is 10.3 Å². The Kier molecular flexibility index (Phi) is 2.50. The van der Waals surface area contributed by atoms with Gasteiger partial charge in [-0.1, -0.05) is 23.2 Å². The Bertz CT molecular complexity index is 511. The first kappa shape index (κ1) is 10.2. The van der Waals surface area contributed by atoms with Crippen LogP contribution >= 0.6 is 23.2 Å². The van der Waals surface area contributed by atoms with Crippen molar-refractivity contribution < 1.29 is 4.39 Å². The average Bonchev–Trinajstić information content (AvgIpc) is 2.58. The van der Waals surface area contributed by atoms with Crippen molar-refractivity contribution in [2.75, 3.05) is 5.73 Å². The first-order chi connectivity index (χ1) is 7.08. The molecule has 2 rings (SSSR count). The third-order valence-corrected chi connectivity index (χ3v) is 2.33. The lowest BCUT2D eigenvalue weighted by atomic mass is 10.2. The van der Waals surface area contributed by atoms with E-state index in [2.05, 4.69) is 15.0 Å². The van der Waals surface area contributed by atoms with E-state index < -0.39 is 5.82 Å². The van der Waals surface area contributed by atoms with Crippen molar-refractivity contribution >= 4 is 29.2 Å². The number of imidazole rings is 1. The Morgan fingerprint density at radius 1 is 1.33 bits per heavy atom. The summed E-state index contributed by atoms with van der Waals surface area (Å²) in [5.74, 6) is -0.430. The van der Waals surface area contributed by atoms with E-state index in [-0.39, 0.29) is 16.3 Å². The number of anilines is 1. The molecule has 0 aliphatic heterocycles. The molecular formula is C8H5Cl2FN4. The summed E-state index contributed by atoms with van der Waals surface area (Å²) in [6.45, 7) is 0. The summed E-state index contributed by atoms with van der Waals surface area (Å²) in [5.41, 5.74) is 6.23. The van der Waals surface area contributed by atoms with E-state index in [0.29, 0.717) is 11.3 Å². The second-order valence-electron chi connectivity index (χ2n) is 2.78. The van der Waals surface area contributed by atoms with Crippen LogP contribution in [0.15, 0.2) is 12.3 Å². The molecule has 2 aromatic heterocycles. The van der Waals surface area contributed by atoms with E-state index >= 15 is 0 Å². The molecule has 2 aromatic rings. The van der Waals surface area contributed by atoms with Crippen molar-refractivity contribution in [2.24, 2.45) is 0 Å². The molecule has 15 heavy (non-hydrogen) atoms. The molecule has 0 unspecified atom stereocenters. The lowest BCUT2D eigenvalue weighted by Crippen LogP contribution is -1.90. The van der Waals surface area contributed by atoms with Gasteiger partial charge in [-0.25, -0.2) is 14.4 Å². The molecule has 3 N–H and O–H groups in total. The zero-order valence-electron chi connectivity index (χ0n) is 7.26. The molecule has 0 amide bonds. The predicted octanol–water partition coefficient (Wildman–Crippen LogP) is 2.50. The monoisotopic (exact) mass is 246 g/mol. The van der Waals surface area contributed by atoms with Crippen molar-refractivity contribution in [3.63, 3.8) is 0 Å². The van der Waals surface area contributed by atoms with Crippen LogP contribution in [0.25, 0.3) is 11.3 Å². The molecule has 0 fully saturated rings. The third-order valence-electron chi connectivity index (χ3n) is 1.77. The summed E-state index contributed by atoms with van der Waals surface area (Å²) in [6, 6.07) is 1.17. The summed E-state index contributed by atoms with van der Waals surface area (Å²) in [7, 11) is 0. The second-order valence-corrected chi connectivity index (χ2v) is 3.50. The zero-order valence-corrected chi connectivity index (χ0v) is 8.77. The molecule has 0 aliphatic rings. The lowest BCUT2D eigenvalue weighted by molar-refractivity contribution is 0.622. The molecule has 0 aliphatic carbocycles. The van der Waals surface area contributed by atoms with Crippen LogP contribution in [-0.4, -0.2) is 15.0 Å². The maximum absolute atomic E-state index is 13.1. The number of nitrogens with one attached hydrogen (secondary N) is 1. The molecule has 2 heterocycles. The van der Waals surface area contributed by atoms with Gasteiger partial charge in [-0.15, -0.1) is 0 Å². The highest BCUT2D eigenvalue weighted by Gasteiger charge is 2.12. The Balaban J connectivity index is 2.58. The number of nitrogens with zero attached hydrogens (tertiary/aromatic N) is 2. The standard InChI is InChI=1S/C8H5Cl2FN4/c9-6-3(1-4(11)7(10)15-6)5-2-13-8(12)14-5/h1-2H,(H3,12,13,14). The minimum atomic E-state index is -0.649. The molecule has 0 aromatic carbocycles. The minimum absolute atomic E-state index is 0.0880. The van der Waals surface area contributed by atoms with Crippen LogP contribution in [0.3, 0.4) is 0 Å². The number of hydrogen-bond acceptors (Lipinski definition) is 3. The number of pyridine rings is 1. The van der Waals surface area contributed by atoms with Gasteiger partial charge in [-0.05, 0) is 6.07 Å². The van der Waals surface area contributed by atoms with Crippen LogP contribution in [0, 0.1) is 5.82 Å². The normalized spacial score (nSPS) is 10.6. The van der Waals surface area contributed by atoms with Gasteiger partial charge in [-0.3, -0.25) is 0 Å². The van der Waals surface area contributed by atoms with Crippen LogP contribution in [0.1, 0.15) is 0 Å². The summed E-state index contributed by atoms with van der Waals surface area (Å²) in [5, 5.41) is -0.179. The van der Waals surface area contributed by atoms with Gasteiger partial charge < -0.3 is 10.7 Å². The van der Waals surface area contributed by atoms with Crippen LogP contribution in [0.4, 0.5) is 10.3 Å². The maximum Gasteiger partial charge on any atom is 0.197 e. The van der Waals surface area contributed by atoms with Crippen molar-refractivity contribution in [2.45, 2.75) is 0 Å². The van der Waals surface area contributed by atoms with Crippen molar-refractivity contribution in [1.82, 2.24) is 15.0 Å². The highest BCUT2D eigenvalue weighted by molar-refractivity contribution is 6.34. The smallest absolute Gasteiger partial charge is 0.197 e. The molecule has 0 saturated heterocycles. The summed E-state index contributed by atoms with van der Waals surface area (Å²) >= 11 is 11.3. The molecule has 78 valence electrons. The van der Waals surface area contributed by atoms with E-state index in [1.165, 1.54) is 12.3 Å². The molecule has 4 nitrogen and oxygen atoms in total. The number of hydrogen-bond donors (Lipinski definition) is 2. The number of halogens is 3. The van der Waals surface area contributed by atoms with E-state index in [4.69, 9.17) is 28.9 Å². The van der Waals surface area contributed by atoms with Gasteiger partial charge in [0.25, 0.3) is 0 Å². The van der Waals surface area contributed by atoms with E-state index in [1.54, 1.807) is 0 Å². The fourth-order valence-electron chi connectivity index (χ4n) is 1.11. The molecule has 0 atom stereocenters. The SMILES string of the molecule is Nc1ncc(-c2cc(F)c(Cl)nc2Cl)[nH]1. The maximum atomic E-state index is 13.1. The Hall–Kier alpha value is -1.33. The molecule has 0 spiro atoms. The zero-order chi connectivity index (χ0) is 11.0. The highest BCUT2D eigenvalue weighted by atomic mass is 35.5. The van der Waals surface area contributed by atoms with Crippen molar-refractivity contribution in [1.29, 1.82) is 0 Å². The molecular weight excluding hydrogens is 242 g/mol. The van der Waals surface area contributed by atoms with Crippen LogP contribution in [0.5, 0.6) is 0 Å². The number of aromatic amines is 1. The largest absolute Gasteiger partial charge is 0.369 e. The average molecular weight is 247 g/mol. The number of rotatable bonds is 1. The minimum Gasteiger partial charge on any atom is -0.369 e. The first-order valence-corrected chi connectivity index (χ1v) is 4.66. The fourth-order valence-corrected chi connectivity index (χ4v) is 1.53.